The maximum absolute atomic E-state index is 10.4. The molecule has 3 aromatic carbocycles. The zero-order valence-corrected chi connectivity index (χ0v) is 12.6. The minimum Gasteiger partial charge on any atom is -0.355 e. The van der Waals surface area contributed by atoms with Crippen LogP contribution in [0.25, 0.3) is 0 Å². The van der Waals surface area contributed by atoms with Crippen molar-refractivity contribution < 1.29 is 0 Å². The van der Waals surface area contributed by atoms with Crippen LogP contribution in [0.2, 0.25) is 0 Å². The molecule has 0 bridgehead atoms. The van der Waals surface area contributed by atoms with E-state index in [9.17, 15) is 9.81 Å². The van der Waals surface area contributed by atoms with Gasteiger partial charge in [0.15, 0.2) is 0 Å². The van der Waals surface area contributed by atoms with E-state index < -0.39 is 0 Å². The van der Waals surface area contributed by atoms with E-state index in [1.165, 1.54) is 0 Å². The van der Waals surface area contributed by atoms with Crippen LogP contribution in [0.3, 0.4) is 0 Å². The molecule has 118 valence electrons. The Morgan fingerprint density at radius 2 is 0.958 bits per heavy atom. The number of hydrogen-bond donors (Lipinski definition) is 2. The maximum atomic E-state index is 10.4. The molecule has 0 aromatic heterocycles. The van der Waals surface area contributed by atoms with Gasteiger partial charge in [-0.3, -0.25) is 0 Å². The maximum Gasteiger partial charge on any atom is 0.108 e. The van der Waals surface area contributed by atoms with Crippen LogP contribution in [0.4, 0.5) is 34.1 Å². The van der Waals surface area contributed by atoms with Gasteiger partial charge < -0.3 is 10.6 Å². The highest BCUT2D eigenvalue weighted by Gasteiger charge is 2.00. The lowest BCUT2D eigenvalue weighted by Crippen LogP contribution is -1.93. The average Bonchev–Trinajstić information content (AvgIpc) is 2.63. The van der Waals surface area contributed by atoms with Gasteiger partial charge in [-0.15, -0.1) is 9.81 Å². The summed E-state index contributed by atoms with van der Waals surface area (Å²) in [5.41, 5.74) is 4.31. The van der Waals surface area contributed by atoms with E-state index in [4.69, 9.17) is 0 Å². The van der Waals surface area contributed by atoms with Gasteiger partial charge in [-0.1, -0.05) is 6.07 Å². The van der Waals surface area contributed by atoms with E-state index in [0.29, 0.717) is 11.4 Å². The quantitative estimate of drug-likeness (QED) is 0.548. The van der Waals surface area contributed by atoms with E-state index >= 15 is 0 Å². The molecule has 24 heavy (non-hydrogen) atoms. The normalized spacial score (nSPS) is 10.0. The van der Waals surface area contributed by atoms with Crippen LogP contribution >= 0.6 is 0 Å². The average molecular weight is 318 g/mol. The summed E-state index contributed by atoms with van der Waals surface area (Å²) < 4.78 is 0. The molecule has 0 aliphatic heterocycles. The Kier molecular flexibility index (Phi) is 4.57. The lowest BCUT2D eigenvalue weighted by Gasteiger charge is -2.10. The van der Waals surface area contributed by atoms with Crippen molar-refractivity contribution in [2.45, 2.75) is 0 Å². The van der Waals surface area contributed by atoms with Crippen LogP contribution in [0, 0.1) is 9.81 Å². The van der Waals surface area contributed by atoms with Crippen molar-refractivity contribution in [2.24, 2.45) is 10.4 Å². The summed E-state index contributed by atoms with van der Waals surface area (Å²) in [6, 6.07) is 21.5. The summed E-state index contributed by atoms with van der Waals surface area (Å²) in [6.45, 7) is 0. The molecule has 0 atom stereocenters. The Morgan fingerprint density at radius 3 is 1.33 bits per heavy atom. The first kappa shape index (κ1) is 15.4. The molecule has 0 saturated carbocycles. The van der Waals surface area contributed by atoms with Crippen molar-refractivity contribution in [1.82, 2.24) is 0 Å². The van der Waals surface area contributed by atoms with Gasteiger partial charge in [0.25, 0.3) is 0 Å². The molecule has 0 radical (unpaired) electrons. The Balaban J connectivity index is 1.72. The minimum absolute atomic E-state index is 0.393. The van der Waals surface area contributed by atoms with Gasteiger partial charge in [-0.2, -0.15) is 0 Å². The van der Waals surface area contributed by atoms with Gasteiger partial charge in [-0.25, -0.2) is 0 Å². The highest BCUT2D eigenvalue weighted by atomic mass is 16.3. The highest BCUT2D eigenvalue weighted by molar-refractivity contribution is 5.69. The monoisotopic (exact) mass is 318 g/mol. The predicted molar refractivity (Wildman–Crippen MR) is 96.8 cm³/mol. The van der Waals surface area contributed by atoms with Crippen LogP contribution in [-0.2, 0) is 0 Å². The molecule has 0 fully saturated rings. The number of nitroso groups, excluding NO2 is 2. The van der Waals surface area contributed by atoms with Crippen molar-refractivity contribution >= 4 is 34.1 Å². The van der Waals surface area contributed by atoms with Crippen LogP contribution < -0.4 is 10.6 Å². The third-order valence-electron chi connectivity index (χ3n) is 3.39. The molecule has 6 heteroatoms. The van der Waals surface area contributed by atoms with Crippen LogP contribution in [0.5, 0.6) is 0 Å². The predicted octanol–water partition coefficient (Wildman–Crippen LogP) is 5.97. The number of rotatable bonds is 6. The van der Waals surface area contributed by atoms with Crippen LogP contribution in [0.15, 0.2) is 83.2 Å². The topological polar surface area (TPSA) is 82.9 Å². The van der Waals surface area contributed by atoms with E-state index in [-0.39, 0.29) is 0 Å². The molecule has 0 aliphatic rings. The van der Waals surface area contributed by atoms with Gasteiger partial charge in [0.1, 0.15) is 11.4 Å². The zero-order chi connectivity index (χ0) is 16.8. The Morgan fingerprint density at radius 1 is 0.542 bits per heavy atom. The second kappa shape index (κ2) is 7.15. The smallest absolute Gasteiger partial charge is 0.108 e. The molecule has 3 rings (SSSR count). The summed E-state index contributed by atoms with van der Waals surface area (Å²) in [7, 11) is 0. The lowest BCUT2D eigenvalue weighted by atomic mass is 10.2. The SMILES string of the molecule is O=Nc1ccc(Nc2cccc(Nc3ccc(N=O)cc3)c2)cc1. The largest absolute Gasteiger partial charge is 0.355 e. The van der Waals surface area contributed by atoms with Gasteiger partial charge in [-0.05, 0) is 77.1 Å². The fraction of sp³-hybridized carbons (Fsp3) is 0. The Labute approximate surface area is 138 Å². The summed E-state index contributed by atoms with van der Waals surface area (Å²) >= 11 is 0. The first-order valence-electron chi connectivity index (χ1n) is 7.28. The fourth-order valence-corrected chi connectivity index (χ4v) is 2.22. The first-order valence-corrected chi connectivity index (χ1v) is 7.28. The molecule has 0 unspecified atom stereocenters. The molecule has 0 spiro atoms. The first-order chi connectivity index (χ1) is 11.8. The molecule has 0 saturated heterocycles. The molecule has 0 amide bonds. The molecular formula is C18H14N4O2. The van der Waals surface area contributed by atoms with Crippen molar-refractivity contribution in [3.8, 4) is 0 Å². The number of benzene rings is 3. The number of nitrogens with zero attached hydrogens (tertiary/aromatic N) is 2. The summed E-state index contributed by atoms with van der Waals surface area (Å²) in [5.74, 6) is 0. The van der Waals surface area contributed by atoms with E-state index in [0.717, 1.165) is 22.7 Å². The van der Waals surface area contributed by atoms with Gasteiger partial charge in [0, 0.05) is 22.7 Å². The van der Waals surface area contributed by atoms with Crippen molar-refractivity contribution in [3.63, 3.8) is 0 Å². The third kappa shape index (κ3) is 3.80. The third-order valence-corrected chi connectivity index (χ3v) is 3.39. The number of hydrogen-bond acceptors (Lipinski definition) is 6. The Bertz CT molecular complexity index is 777. The van der Waals surface area contributed by atoms with Crippen molar-refractivity contribution in [1.29, 1.82) is 0 Å². The van der Waals surface area contributed by atoms with Gasteiger partial charge >= 0.3 is 0 Å². The minimum atomic E-state index is 0.393. The second-order valence-electron chi connectivity index (χ2n) is 5.11. The lowest BCUT2D eigenvalue weighted by molar-refractivity contribution is 1.46. The molecule has 0 heterocycles. The fourth-order valence-electron chi connectivity index (χ4n) is 2.22. The molecular weight excluding hydrogens is 304 g/mol. The highest BCUT2D eigenvalue weighted by Crippen LogP contribution is 2.25. The van der Waals surface area contributed by atoms with Gasteiger partial charge in [0.05, 0.1) is 0 Å². The second-order valence-corrected chi connectivity index (χ2v) is 5.11. The zero-order valence-electron chi connectivity index (χ0n) is 12.6. The van der Waals surface area contributed by atoms with Crippen molar-refractivity contribution in [2.75, 3.05) is 10.6 Å². The summed E-state index contributed by atoms with van der Waals surface area (Å²) in [5, 5.41) is 12.3. The molecule has 3 aromatic rings. The summed E-state index contributed by atoms with van der Waals surface area (Å²) in [4.78, 5) is 20.9. The molecule has 6 nitrogen and oxygen atoms in total. The van der Waals surface area contributed by atoms with E-state index in [1.807, 2.05) is 24.3 Å². The summed E-state index contributed by atoms with van der Waals surface area (Å²) in [6.07, 6.45) is 0. The van der Waals surface area contributed by atoms with Crippen LogP contribution in [0.1, 0.15) is 0 Å². The number of nitrogens with one attached hydrogen (secondary N) is 2. The standard InChI is InChI=1S/C18H14N4O2/c23-21-15-8-4-13(5-9-15)19-17-2-1-3-18(12-17)20-14-6-10-16(22-24)11-7-14/h1-12,19-20H. The molecule has 2 N–H and O–H groups in total. The van der Waals surface area contributed by atoms with Crippen molar-refractivity contribution in [3.05, 3.63) is 82.6 Å². The van der Waals surface area contributed by atoms with E-state index in [2.05, 4.69) is 21.0 Å². The van der Waals surface area contributed by atoms with Crippen LogP contribution in [-0.4, -0.2) is 0 Å². The van der Waals surface area contributed by atoms with Gasteiger partial charge in [0.2, 0.25) is 0 Å². The van der Waals surface area contributed by atoms with E-state index in [1.54, 1.807) is 48.5 Å². The molecule has 0 aliphatic carbocycles. The Hall–Kier alpha value is -3.54. The number of anilines is 4.